The van der Waals surface area contributed by atoms with Gasteiger partial charge in [-0.2, -0.15) is 0 Å². The summed E-state index contributed by atoms with van der Waals surface area (Å²) in [6.07, 6.45) is 1.70. The Kier molecular flexibility index (Phi) is 5.74. The maximum Gasteiger partial charge on any atom is 0.337 e. The zero-order valence-electron chi connectivity index (χ0n) is 14.2. The number of nitrogens with one attached hydrogen (secondary N) is 1. The number of esters is 1. The summed E-state index contributed by atoms with van der Waals surface area (Å²) in [4.78, 5) is 23.5. The second kappa shape index (κ2) is 8.19. The number of carbonyl (C=O) groups is 2. The molecule has 1 aromatic heterocycles. The summed E-state index contributed by atoms with van der Waals surface area (Å²) in [7, 11) is 1.32. The van der Waals surface area contributed by atoms with Gasteiger partial charge in [-0.05, 0) is 37.1 Å². The van der Waals surface area contributed by atoms with Gasteiger partial charge in [0.15, 0.2) is 5.82 Å². The Morgan fingerprint density at radius 3 is 2.81 bits per heavy atom. The van der Waals surface area contributed by atoms with Crippen molar-refractivity contribution < 1.29 is 19.1 Å². The molecule has 26 heavy (non-hydrogen) atoms. The van der Waals surface area contributed by atoms with Crippen LogP contribution in [0.2, 0.25) is 0 Å². The van der Waals surface area contributed by atoms with Crippen LogP contribution in [0.3, 0.4) is 0 Å². The van der Waals surface area contributed by atoms with Gasteiger partial charge >= 0.3 is 5.97 Å². The predicted octanol–water partition coefficient (Wildman–Crippen LogP) is 1.36. The standard InChI is InChI=1S/C16H19N5O4S/c1-24-15(23)10-4-6-11(7-5-10)18-13(22)9-26-16-20-19-14(21(16)17)12-3-2-8-25-12/h4-7,12H,2-3,8-9,17H2,1H3,(H,18,22)/t12-/m0/s1. The molecule has 2 aromatic rings. The van der Waals surface area contributed by atoms with Crippen molar-refractivity contribution >= 4 is 29.3 Å². The normalized spacial score (nSPS) is 16.4. The molecule has 1 fully saturated rings. The van der Waals surface area contributed by atoms with Crippen molar-refractivity contribution in [1.82, 2.24) is 14.9 Å². The SMILES string of the molecule is COC(=O)c1ccc(NC(=O)CSc2nnc([C@@H]3CCCO3)n2N)cc1. The highest BCUT2D eigenvalue weighted by atomic mass is 32.2. The number of aromatic nitrogens is 3. The number of nitrogens with two attached hydrogens (primary N) is 1. The third kappa shape index (κ3) is 4.14. The second-order valence-electron chi connectivity index (χ2n) is 5.62. The fourth-order valence-corrected chi connectivity index (χ4v) is 3.19. The fourth-order valence-electron chi connectivity index (χ4n) is 2.52. The average molecular weight is 377 g/mol. The summed E-state index contributed by atoms with van der Waals surface area (Å²) >= 11 is 1.19. The molecule has 1 aliphatic rings. The molecular formula is C16H19N5O4S. The van der Waals surface area contributed by atoms with E-state index in [0.29, 0.717) is 28.8 Å². The van der Waals surface area contributed by atoms with Crippen molar-refractivity contribution in [2.24, 2.45) is 0 Å². The van der Waals surface area contributed by atoms with Crippen LogP contribution < -0.4 is 11.2 Å². The van der Waals surface area contributed by atoms with E-state index in [2.05, 4.69) is 20.3 Å². The van der Waals surface area contributed by atoms with Crippen molar-refractivity contribution in [3.05, 3.63) is 35.7 Å². The molecule has 1 aliphatic heterocycles. The zero-order valence-corrected chi connectivity index (χ0v) is 15.0. The van der Waals surface area contributed by atoms with Crippen LogP contribution in [0.25, 0.3) is 0 Å². The molecule has 0 aliphatic carbocycles. The average Bonchev–Trinajstić information content (AvgIpc) is 3.29. The Balaban J connectivity index is 1.53. The van der Waals surface area contributed by atoms with Crippen LogP contribution in [0.5, 0.6) is 0 Å². The van der Waals surface area contributed by atoms with Gasteiger partial charge in [-0.25, -0.2) is 9.47 Å². The number of rotatable bonds is 6. The van der Waals surface area contributed by atoms with Crippen LogP contribution in [-0.4, -0.2) is 46.2 Å². The van der Waals surface area contributed by atoms with Gasteiger partial charge in [-0.15, -0.1) is 10.2 Å². The molecule has 1 aromatic carbocycles. The van der Waals surface area contributed by atoms with Crippen LogP contribution in [0.1, 0.15) is 35.1 Å². The minimum atomic E-state index is -0.428. The summed E-state index contributed by atoms with van der Waals surface area (Å²) in [6.45, 7) is 0.692. The van der Waals surface area contributed by atoms with E-state index < -0.39 is 5.97 Å². The Hall–Kier alpha value is -2.59. The fraction of sp³-hybridized carbons (Fsp3) is 0.375. The Bertz CT molecular complexity index is 786. The van der Waals surface area contributed by atoms with Gasteiger partial charge < -0.3 is 20.6 Å². The van der Waals surface area contributed by atoms with E-state index in [9.17, 15) is 9.59 Å². The monoisotopic (exact) mass is 377 g/mol. The molecular weight excluding hydrogens is 358 g/mol. The number of nitrogen functional groups attached to an aromatic ring is 1. The number of nitrogens with zero attached hydrogens (tertiary/aromatic N) is 3. The highest BCUT2D eigenvalue weighted by Crippen LogP contribution is 2.28. The van der Waals surface area contributed by atoms with Crippen molar-refractivity contribution in [3.63, 3.8) is 0 Å². The van der Waals surface area contributed by atoms with E-state index >= 15 is 0 Å². The minimum Gasteiger partial charge on any atom is -0.465 e. The molecule has 138 valence electrons. The number of amides is 1. The molecule has 10 heteroatoms. The van der Waals surface area contributed by atoms with Crippen LogP contribution in [0.15, 0.2) is 29.4 Å². The third-order valence-electron chi connectivity index (χ3n) is 3.83. The van der Waals surface area contributed by atoms with E-state index in [0.717, 1.165) is 12.8 Å². The molecule has 3 rings (SSSR count). The van der Waals surface area contributed by atoms with Crippen molar-refractivity contribution in [2.75, 3.05) is 30.6 Å². The Morgan fingerprint density at radius 1 is 1.38 bits per heavy atom. The number of benzene rings is 1. The highest BCUT2D eigenvalue weighted by Gasteiger charge is 2.24. The molecule has 3 N–H and O–H groups in total. The molecule has 1 saturated heterocycles. The number of ether oxygens (including phenoxy) is 2. The van der Waals surface area contributed by atoms with Crippen LogP contribution in [-0.2, 0) is 14.3 Å². The number of hydrogen-bond acceptors (Lipinski definition) is 8. The lowest BCUT2D eigenvalue weighted by molar-refractivity contribution is -0.113. The Labute approximate surface area is 154 Å². The first-order valence-electron chi connectivity index (χ1n) is 8.01. The number of carbonyl (C=O) groups excluding carboxylic acids is 2. The van der Waals surface area contributed by atoms with Gasteiger partial charge in [0.2, 0.25) is 11.1 Å². The van der Waals surface area contributed by atoms with E-state index in [1.54, 1.807) is 24.3 Å². The maximum absolute atomic E-state index is 12.1. The summed E-state index contributed by atoms with van der Waals surface area (Å²) in [5, 5.41) is 11.3. The van der Waals surface area contributed by atoms with Gasteiger partial charge in [0.25, 0.3) is 0 Å². The summed E-state index contributed by atoms with van der Waals surface area (Å²) < 4.78 is 11.6. The first-order valence-corrected chi connectivity index (χ1v) is 9.00. The lowest BCUT2D eigenvalue weighted by Crippen LogP contribution is -2.18. The number of methoxy groups -OCH3 is 1. The first-order chi connectivity index (χ1) is 12.6. The molecule has 9 nitrogen and oxygen atoms in total. The maximum atomic E-state index is 12.1. The third-order valence-corrected chi connectivity index (χ3v) is 4.77. The van der Waals surface area contributed by atoms with E-state index in [1.165, 1.54) is 23.5 Å². The van der Waals surface area contributed by atoms with E-state index in [4.69, 9.17) is 10.6 Å². The molecule has 0 unspecified atom stereocenters. The second-order valence-corrected chi connectivity index (χ2v) is 6.56. The first kappa shape index (κ1) is 18.2. The summed E-state index contributed by atoms with van der Waals surface area (Å²) in [6, 6.07) is 6.43. The van der Waals surface area contributed by atoms with Gasteiger partial charge in [-0.3, -0.25) is 4.79 Å². The van der Waals surface area contributed by atoms with Crippen molar-refractivity contribution in [1.29, 1.82) is 0 Å². The zero-order chi connectivity index (χ0) is 18.5. The van der Waals surface area contributed by atoms with Crippen LogP contribution in [0.4, 0.5) is 5.69 Å². The molecule has 2 heterocycles. The number of anilines is 1. The van der Waals surface area contributed by atoms with Crippen molar-refractivity contribution in [3.8, 4) is 0 Å². The molecule has 1 amide bonds. The topological polar surface area (TPSA) is 121 Å². The smallest absolute Gasteiger partial charge is 0.337 e. The lowest BCUT2D eigenvalue weighted by atomic mass is 10.2. The molecule has 0 saturated carbocycles. The molecule has 0 bridgehead atoms. The molecule has 1 atom stereocenters. The van der Waals surface area contributed by atoms with Gasteiger partial charge in [0, 0.05) is 12.3 Å². The molecule has 0 radical (unpaired) electrons. The molecule has 0 spiro atoms. The summed E-state index contributed by atoms with van der Waals surface area (Å²) in [5.74, 6) is 6.05. The van der Waals surface area contributed by atoms with E-state index in [-0.39, 0.29) is 17.8 Å². The van der Waals surface area contributed by atoms with Gasteiger partial charge in [-0.1, -0.05) is 11.8 Å². The minimum absolute atomic E-state index is 0.125. The number of thioether (sulfide) groups is 1. The Morgan fingerprint density at radius 2 is 2.15 bits per heavy atom. The van der Waals surface area contributed by atoms with Crippen LogP contribution >= 0.6 is 11.8 Å². The van der Waals surface area contributed by atoms with E-state index in [1.807, 2.05) is 0 Å². The van der Waals surface area contributed by atoms with Gasteiger partial charge in [0.1, 0.15) is 6.10 Å². The van der Waals surface area contributed by atoms with Crippen LogP contribution in [0, 0.1) is 0 Å². The largest absolute Gasteiger partial charge is 0.465 e. The number of hydrogen-bond donors (Lipinski definition) is 2. The summed E-state index contributed by atoms with van der Waals surface area (Å²) in [5.41, 5.74) is 0.996. The van der Waals surface area contributed by atoms with Gasteiger partial charge in [0.05, 0.1) is 18.4 Å². The predicted molar refractivity (Wildman–Crippen MR) is 95.2 cm³/mol. The lowest BCUT2D eigenvalue weighted by Gasteiger charge is -2.09. The van der Waals surface area contributed by atoms with Crippen molar-refractivity contribution in [2.45, 2.75) is 24.1 Å². The highest BCUT2D eigenvalue weighted by molar-refractivity contribution is 7.99. The quantitative estimate of drug-likeness (QED) is 0.440.